The molecule has 21 heavy (non-hydrogen) atoms. The lowest BCUT2D eigenvalue weighted by Crippen LogP contribution is -2.52. The minimum atomic E-state index is 0.455. The smallest absolute Gasteiger partial charge is 0.0586 e. The summed E-state index contributed by atoms with van der Waals surface area (Å²) in [5.41, 5.74) is 3.05. The van der Waals surface area contributed by atoms with Gasteiger partial charge >= 0.3 is 0 Å². The molecule has 1 saturated carbocycles. The molecule has 2 aliphatic rings. The maximum atomic E-state index is 5.63. The minimum Gasteiger partial charge on any atom is -0.381 e. The molecule has 0 spiro atoms. The van der Waals surface area contributed by atoms with Gasteiger partial charge in [-0.3, -0.25) is 4.90 Å². The van der Waals surface area contributed by atoms with Crippen molar-refractivity contribution in [3.8, 4) is 0 Å². The SMILES string of the molecule is CNCC1Cc2ccccc2CN1C1CCCC(OC)C1. The van der Waals surface area contributed by atoms with E-state index in [9.17, 15) is 0 Å². The van der Waals surface area contributed by atoms with E-state index in [-0.39, 0.29) is 0 Å². The molecule has 0 aromatic heterocycles. The van der Waals surface area contributed by atoms with Gasteiger partial charge < -0.3 is 10.1 Å². The van der Waals surface area contributed by atoms with E-state index < -0.39 is 0 Å². The van der Waals surface area contributed by atoms with Gasteiger partial charge in [-0.05, 0) is 50.3 Å². The molecule has 1 heterocycles. The van der Waals surface area contributed by atoms with Gasteiger partial charge in [0.25, 0.3) is 0 Å². The van der Waals surface area contributed by atoms with E-state index in [1.807, 2.05) is 7.11 Å². The van der Waals surface area contributed by atoms with Crippen LogP contribution in [0.25, 0.3) is 0 Å². The zero-order valence-electron chi connectivity index (χ0n) is 13.3. The number of ether oxygens (including phenoxy) is 1. The fourth-order valence-corrected chi connectivity index (χ4v) is 4.10. The summed E-state index contributed by atoms with van der Waals surface area (Å²) in [5, 5.41) is 3.39. The molecule has 0 bridgehead atoms. The number of rotatable bonds is 4. The number of nitrogens with zero attached hydrogens (tertiary/aromatic N) is 1. The van der Waals surface area contributed by atoms with E-state index >= 15 is 0 Å². The van der Waals surface area contributed by atoms with Crippen LogP contribution in [0.3, 0.4) is 0 Å². The number of hydrogen-bond acceptors (Lipinski definition) is 3. The van der Waals surface area contributed by atoms with Gasteiger partial charge in [0.15, 0.2) is 0 Å². The highest BCUT2D eigenvalue weighted by atomic mass is 16.5. The van der Waals surface area contributed by atoms with Crippen molar-refractivity contribution < 1.29 is 4.74 Å². The van der Waals surface area contributed by atoms with Gasteiger partial charge in [-0.25, -0.2) is 0 Å². The van der Waals surface area contributed by atoms with Crippen LogP contribution in [0.4, 0.5) is 0 Å². The molecule has 1 aromatic carbocycles. The summed E-state index contributed by atoms with van der Waals surface area (Å²) in [4.78, 5) is 2.74. The number of nitrogens with one attached hydrogen (secondary N) is 1. The number of fused-ring (bicyclic) bond motifs is 1. The third-order valence-electron chi connectivity index (χ3n) is 5.24. The molecule has 3 nitrogen and oxygen atoms in total. The van der Waals surface area contributed by atoms with Gasteiger partial charge in [-0.2, -0.15) is 0 Å². The molecule has 0 saturated heterocycles. The Bertz CT molecular complexity index is 462. The van der Waals surface area contributed by atoms with Gasteiger partial charge in [-0.15, -0.1) is 0 Å². The van der Waals surface area contributed by atoms with Crippen molar-refractivity contribution in [3.05, 3.63) is 35.4 Å². The molecule has 1 N–H and O–H groups in total. The first kappa shape index (κ1) is 15.0. The van der Waals surface area contributed by atoms with E-state index in [0.29, 0.717) is 18.2 Å². The maximum absolute atomic E-state index is 5.63. The molecule has 1 aliphatic heterocycles. The molecule has 1 aliphatic carbocycles. The standard InChI is InChI=1S/C18H28N2O/c1-19-12-17-10-14-6-3-4-7-15(14)13-20(17)16-8-5-9-18(11-16)21-2/h3-4,6-7,16-19H,5,8-13H2,1-2H3. The Morgan fingerprint density at radius 3 is 2.81 bits per heavy atom. The highest BCUT2D eigenvalue weighted by Crippen LogP contribution is 2.31. The first-order valence-electron chi connectivity index (χ1n) is 8.31. The van der Waals surface area contributed by atoms with Crippen LogP contribution in [0.1, 0.15) is 36.8 Å². The minimum absolute atomic E-state index is 0.455. The van der Waals surface area contributed by atoms with Crippen LogP contribution < -0.4 is 5.32 Å². The highest BCUT2D eigenvalue weighted by molar-refractivity contribution is 5.30. The quantitative estimate of drug-likeness (QED) is 0.921. The average molecular weight is 288 g/mol. The molecule has 3 atom stereocenters. The topological polar surface area (TPSA) is 24.5 Å². The average Bonchev–Trinajstić information content (AvgIpc) is 2.54. The predicted molar refractivity (Wildman–Crippen MR) is 86.5 cm³/mol. The number of hydrogen-bond donors (Lipinski definition) is 1. The molecule has 116 valence electrons. The van der Waals surface area contributed by atoms with Crippen LogP contribution in [0.15, 0.2) is 24.3 Å². The highest BCUT2D eigenvalue weighted by Gasteiger charge is 2.33. The number of benzene rings is 1. The molecule has 1 fully saturated rings. The summed E-state index contributed by atoms with van der Waals surface area (Å²) < 4.78 is 5.63. The summed E-state index contributed by atoms with van der Waals surface area (Å²) >= 11 is 0. The molecule has 3 unspecified atom stereocenters. The van der Waals surface area contributed by atoms with Gasteiger partial charge in [0.05, 0.1) is 6.10 Å². The first-order valence-corrected chi connectivity index (χ1v) is 8.31. The van der Waals surface area contributed by atoms with Crippen molar-refractivity contribution in [2.24, 2.45) is 0 Å². The normalized spacial score (nSPS) is 30.1. The molecular weight excluding hydrogens is 260 g/mol. The lowest BCUT2D eigenvalue weighted by molar-refractivity contribution is 0.00757. The second-order valence-electron chi connectivity index (χ2n) is 6.53. The molecule has 3 rings (SSSR count). The van der Waals surface area contributed by atoms with E-state index in [0.717, 1.165) is 13.1 Å². The third-order valence-corrected chi connectivity index (χ3v) is 5.24. The van der Waals surface area contributed by atoms with Crippen LogP contribution in [0.2, 0.25) is 0 Å². The Morgan fingerprint density at radius 1 is 1.24 bits per heavy atom. The lowest BCUT2D eigenvalue weighted by atomic mass is 9.86. The van der Waals surface area contributed by atoms with Crippen molar-refractivity contribution >= 4 is 0 Å². The Morgan fingerprint density at radius 2 is 2.05 bits per heavy atom. The monoisotopic (exact) mass is 288 g/mol. The van der Waals surface area contributed by atoms with Crippen LogP contribution in [0.5, 0.6) is 0 Å². The van der Waals surface area contributed by atoms with Crippen molar-refractivity contribution in [2.45, 2.75) is 56.8 Å². The second-order valence-corrected chi connectivity index (χ2v) is 6.53. The first-order chi connectivity index (χ1) is 10.3. The number of methoxy groups -OCH3 is 1. The van der Waals surface area contributed by atoms with E-state index in [1.54, 1.807) is 0 Å². The second kappa shape index (κ2) is 6.91. The zero-order valence-corrected chi connectivity index (χ0v) is 13.3. The molecular formula is C18H28N2O. The van der Waals surface area contributed by atoms with Crippen LogP contribution in [-0.4, -0.2) is 43.8 Å². The van der Waals surface area contributed by atoms with E-state index in [2.05, 4.69) is 41.5 Å². The van der Waals surface area contributed by atoms with Gasteiger partial charge in [-0.1, -0.05) is 24.3 Å². The van der Waals surface area contributed by atoms with Crippen LogP contribution in [-0.2, 0) is 17.7 Å². The summed E-state index contributed by atoms with van der Waals surface area (Å²) in [7, 11) is 3.93. The van der Waals surface area contributed by atoms with Crippen molar-refractivity contribution in [2.75, 3.05) is 20.7 Å². The zero-order chi connectivity index (χ0) is 14.7. The fourth-order valence-electron chi connectivity index (χ4n) is 4.10. The van der Waals surface area contributed by atoms with Gasteiger partial charge in [0.2, 0.25) is 0 Å². The summed E-state index contributed by atoms with van der Waals surface area (Å²) in [6.45, 7) is 2.17. The van der Waals surface area contributed by atoms with Crippen LogP contribution in [0, 0.1) is 0 Å². The molecule has 3 heteroatoms. The Kier molecular flexibility index (Phi) is 4.94. The third kappa shape index (κ3) is 3.31. The van der Waals surface area contributed by atoms with Gasteiger partial charge in [0.1, 0.15) is 0 Å². The predicted octanol–water partition coefficient (Wildman–Crippen LogP) is 2.59. The van der Waals surface area contributed by atoms with Gasteiger partial charge in [0, 0.05) is 32.3 Å². The van der Waals surface area contributed by atoms with Crippen molar-refractivity contribution in [3.63, 3.8) is 0 Å². The Labute approximate surface area is 128 Å². The van der Waals surface area contributed by atoms with Crippen LogP contribution >= 0.6 is 0 Å². The molecule has 0 amide bonds. The Balaban J connectivity index is 1.78. The van der Waals surface area contributed by atoms with E-state index in [1.165, 1.54) is 43.2 Å². The fraction of sp³-hybridized carbons (Fsp3) is 0.667. The maximum Gasteiger partial charge on any atom is 0.0586 e. The summed E-state index contributed by atoms with van der Waals surface area (Å²) in [5.74, 6) is 0. The summed E-state index contributed by atoms with van der Waals surface area (Å²) in [6.07, 6.45) is 6.67. The molecule has 1 aromatic rings. The molecule has 0 radical (unpaired) electrons. The van der Waals surface area contributed by atoms with E-state index in [4.69, 9.17) is 4.74 Å². The lowest BCUT2D eigenvalue weighted by Gasteiger charge is -2.44. The van der Waals surface area contributed by atoms with Crippen molar-refractivity contribution in [1.82, 2.24) is 10.2 Å². The summed E-state index contributed by atoms with van der Waals surface area (Å²) in [6, 6.07) is 10.2. The largest absolute Gasteiger partial charge is 0.381 e. The van der Waals surface area contributed by atoms with Crippen molar-refractivity contribution in [1.29, 1.82) is 0 Å². The Hall–Kier alpha value is -0.900. The number of likely N-dealkylation sites (N-methyl/N-ethyl adjacent to an activating group) is 1.